The molecule has 5 rings (SSSR count). The lowest BCUT2D eigenvalue weighted by Gasteiger charge is -2.47. The Morgan fingerprint density at radius 2 is 1.87 bits per heavy atom. The highest BCUT2D eigenvalue weighted by atomic mass is 16.6. The van der Waals surface area contributed by atoms with Gasteiger partial charge in [0.05, 0.1) is 4.92 Å². The van der Waals surface area contributed by atoms with Crippen LogP contribution in [0.4, 0.5) is 5.69 Å². The fraction of sp³-hybridized carbons (Fsp3) is 0.632. The minimum Gasteiger partial charge on any atom is -0.292 e. The fourth-order valence-electron chi connectivity index (χ4n) is 5.63. The zero-order valence-corrected chi connectivity index (χ0v) is 13.5. The minimum absolute atomic E-state index is 0.139. The first-order chi connectivity index (χ1) is 11.1. The van der Waals surface area contributed by atoms with Crippen LogP contribution in [-0.2, 0) is 0 Å². The first-order valence-corrected chi connectivity index (χ1v) is 8.86. The largest absolute Gasteiger partial charge is 0.292 e. The Bertz CT molecular complexity index is 624. The van der Waals surface area contributed by atoms with Crippen molar-refractivity contribution in [3.05, 3.63) is 39.9 Å². The van der Waals surface area contributed by atoms with Crippen molar-refractivity contribution in [2.75, 3.05) is 6.54 Å². The molecule has 0 radical (unpaired) electrons. The van der Waals surface area contributed by atoms with E-state index in [0.717, 1.165) is 29.9 Å². The molecule has 4 aliphatic rings. The van der Waals surface area contributed by atoms with Crippen molar-refractivity contribution in [2.24, 2.45) is 28.2 Å². The monoisotopic (exact) mass is 312 g/mol. The highest BCUT2D eigenvalue weighted by Crippen LogP contribution is 2.57. The minimum atomic E-state index is -0.347. The lowest BCUT2D eigenvalue weighted by molar-refractivity contribution is -0.384. The van der Waals surface area contributed by atoms with E-state index in [2.05, 4.69) is 0 Å². The van der Waals surface area contributed by atoms with Crippen molar-refractivity contribution in [1.29, 1.82) is 0 Å². The maximum atomic E-state index is 10.9. The van der Waals surface area contributed by atoms with E-state index in [4.69, 9.17) is 4.99 Å². The maximum Gasteiger partial charge on any atom is 0.270 e. The second-order valence-electron chi connectivity index (χ2n) is 8.08. The topological polar surface area (TPSA) is 55.5 Å². The number of hydrogen-bond donors (Lipinski definition) is 0. The number of benzene rings is 1. The molecule has 4 aliphatic carbocycles. The molecule has 4 heteroatoms. The van der Waals surface area contributed by atoms with Crippen LogP contribution in [0.25, 0.3) is 0 Å². The summed E-state index contributed by atoms with van der Waals surface area (Å²) in [6.07, 6.45) is 11.7. The van der Waals surface area contributed by atoms with Crippen LogP contribution in [0.2, 0.25) is 0 Å². The molecule has 0 unspecified atom stereocenters. The summed E-state index contributed by atoms with van der Waals surface area (Å²) in [5.41, 5.74) is 1.40. The number of non-ortho nitro benzene ring substituents is 1. The molecule has 122 valence electrons. The molecule has 1 aromatic rings. The van der Waals surface area contributed by atoms with Crippen LogP contribution in [0.3, 0.4) is 0 Å². The van der Waals surface area contributed by atoms with E-state index in [0.29, 0.717) is 5.41 Å². The molecule has 0 aliphatic heterocycles. The average Bonchev–Trinajstić information content (AvgIpc) is 2.73. The van der Waals surface area contributed by atoms with E-state index >= 15 is 0 Å². The van der Waals surface area contributed by atoms with Crippen molar-refractivity contribution >= 4 is 11.9 Å². The Hall–Kier alpha value is -1.71. The number of nitro benzene ring substituents is 1. The van der Waals surface area contributed by atoms with Crippen LogP contribution in [0, 0.1) is 33.3 Å². The third-order valence-corrected chi connectivity index (χ3v) is 6.23. The zero-order chi connectivity index (χ0) is 15.9. The predicted octanol–water partition coefficient (Wildman–Crippen LogP) is 4.62. The number of nitrogens with zero attached hydrogens (tertiary/aromatic N) is 2. The van der Waals surface area contributed by atoms with Crippen molar-refractivity contribution in [3.63, 3.8) is 0 Å². The Morgan fingerprint density at radius 1 is 1.17 bits per heavy atom. The van der Waals surface area contributed by atoms with Gasteiger partial charge in [0.25, 0.3) is 5.69 Å². The van der Waals surface area contributed by atoms with Crippen molar-refractivity contribution in [1.82, 2.24) is 0 Å². The normalized spacial score (nSPS) is 35.6. The SMILES string of the molecule is O=[N+]([O-])c1cccc(C=NCC23CC4C[C@H](CC[C@@H](C4)C2)C3)c1. The molecule has 1 aromatic carbocycles. The van der Waals surface area contributed by atoms with Gasteiger partial charge in [-0.3, -0.25) is 15.1 Å². The summed E-state index contributed by atoms with van der Waals surface area (Å²) in [5, 5.41) is 10.9. The van der Waals surface area contributed by atoms with Gasteiger partial charge in [-0.2, -0.15) is 0 Å². The average molecular weight is 312 g/mol. The molecule has 4 saturated carbocycles. The van der Waals surface area contributed by atoms with Gasteiger partial charge in [-0.05, 0) is 60.8 Å². The standard InChI is InChI=1S/C19H24N2O2/c22-21(23)18-3-1-2-16(8-18)12-20-13-19-9-14-4-5-15(10-19)7-17(6-14)11-19/h1-3,8,12,14-15,17H,4-7,9-11,13H2/t14-,15-,17?,19?/m0/s1. The smallest absolute Gasteiger partial charge is 0.270 e. The van der Waals surface area contributed by atoms with Gasteiger partial charge in [-0.1, -0.05) is 25.0 Å². The van der Waals surface area contributed by atoms with Crippen LogP contribution >= 0.6 is 0 Å². The highest BCUT2D eigenvalue weighted by Gasteiger charge is 2.48. The molecule has 4 bridgehead atoms. The van der Waals surface area contributed by atoms with E-state index in [-0.39, 0.29) is 10.6 Å². The quantitative estimate of drug-likeness (QED) is 0.463. The van der Waals surface area contributed by atoms with Crippen LogP contribution < -0.4 is 0 Å². The Morgan fingerprint density at radius 3 is 2.57 bits per heavy atom. The lowest BCUT2D eigenvalue weighted by Crippen LogP contribution is -2.39. The highest BCUT2D eigenvalue weighted by molar-refractivity contribution is 5.80. The summed E-state index contributed by atoms with van der Waals surface area (Å²) in [6, 6.07) is 6.76. The molecule has 0 heterocycles. The molecule has 0 spiro atoms. The first-order valence-electron chi connectivity index (χ1n) is 8.86. The summed E-state index contributed by atoms with van der Waals surface area (Å²) in [6.45, 7) is 0.902. The predicted molar refractivity (Wildman–Crippen MR) is 90.8 cm³/mol. The third-order valence-electron chi connectivity index (χ3n) is 6.23. The van der Waals surface area contributed by atoms with Gasteiger partial charge in [0, 0.05) is 24.9 Å². The lowest BCUT2D eigenvalue weighted by atomic mass is 9.58. The van der Waals surface area contributed by atoms with Gasteiger partial charge >= 0.3 is 0 Å². The van der Waals surface area contributed by atoms with E-state index in [1.54, 1.807) is 12.1 Å². The summed E-state index contributed by atoms with van der Waals surface area (Å²) in [7, 11) is 0. The van der Waals surface area contributed by atoms with Crippen LogP contribution in [0.5, 0.6) is 0 Å². The van der Waals surface area contributed by atoms with Gasteiger partial charge in [-0.15, -0.1) is 0 Å². The molecule has 0 N–H and O–H groups in total. The Balaban J connectivity index is 1.48. The summed E-state index contributed by atoms with van der Waals surface area (Å²) in [5.74, 6) is 2.78. The molecule has 0 saturated heterocycles. The van der Waals surface area contributed by atoms with Gasteiger partial charge in [0.15, 0.2) is 0 Å². The summed E-state index contributed by atoms with van der Waals surface area (Å²) < 4.78 is 0. The summed E-state index contributed by atoms with van der Waals surface area (Å²) in [4.78, 5) is 15.2. The van der Waals surface area contributed by atoms with Crippen molar-refractivity contribution < 1.29 is 4.92 Å². The van der Waals surface area contributed by atoms with E-state index in [9.17, 15) is 10.1 Å². The van der Waals surface area contributed by atoms with Gasteiger partial charge in [0.2, 0.25) is 0 Å². The third kappa shape index (κ3) is 3.04. The van der Waals surface area contributed by atoms with Gasteiger partial charge in [-0.25, -0.2) is 0 Å². The molecular weight excluding hydrogens is 288 g/mol. The molecule has 4 nitrogen and oxygen atoms in total. The molecule has 23 heavy (non-hydrogen) atoms. The molecule has 0 amide bonds. The second kappa shape index (κ2) is 5.73. The number of hydrogen-bond acceptors (Lipinski definition) is 3. The van der Waals surface area contributed by atoms with Crippen molar-refractivity contribution in [3.8, 4) is 0 Å². The van der Waals surface area contributed by atoms with E-state index in [1.807, 2.05) is 12.3 Å². The van der Waals surface area contributed by atoms with Crippen molar-refractivity contribution in [2.45, 2.75) is 44.9 Å². The fourth-order valence-corrected chi connectivity index (χ4v) is 5.63. The van der Waals surface area contributed by atoms with E-state index in [1.165, 1.54) is 51.0 Å². The Labute approximate surface area is 137 Å². The van der Waals surface area contributed by atoms with E-state index < -0.39 is 0 Å². The van der Waals surface area contributed by atoms with Crippen LogP contribution in [-0.4, -0.2) is 17.7 Å². The number of rotatable bonds is 4. The van der Waals surface area contributed by atoms with Gasteiger partial charge in [0.1, 0.15) is 0 Å². The second-order valence-corrected chi connectivity index (χ2v) is 8.08. The molecular formula is C19H24N2O2. The number of nitro groups is 1. The summed E-state index contributed by atoms with van der Waals surface area (Å²) >= 11 is 0. The first kappa shape index (κ1) is 14.9. The Kier molecular flexibility index (Phi) is 3.70. The van der Waals surface area contributed by atoms with Crippen LogP contribution in [0.15, 0.2) is 29.3 Å². The van der Waals surface area contributed by atoms with Crippen LogP contribution in [0.1, 0.15) is 50.5 Å². The zero-order valence-electron chi connectivity index (χ0n) is 13.5. The molecule has 2 atom stereocenters. The number of fused-ring (bicyclic) bond motifs is 1. The molecule has 4 fully saturated rings. The van der Waals surface area contributed by atoms with Gasteiger partial charge < -0.3 is 0 Å². The molecule has 0 aromatic heterocycles. The number of aliphatic imine (C=N–C) groups is 1. The maximum absolute atomic E-state index is 10.9.